The lowest BCUT2D eigenvalue weighted by Gasteiger charge is -2.39. The number of benzene rings is 9. The van der Waals surface area contributed by atoms with Gasteiger partial charge in [0.1, 0.15) is 37.1 Å². The normalized spacial score (nSPS) is 13.2. The van der Waals surface area contributed by atoms with Gasteiger partial charge in [0.25, 0.3) is 10.1 Å². The van der Waals surface area contributed by atoms with Crippen LogP contribution in [0.15, 0.2) is 244 Å². The van der Waals surface area contributed by atoms with Gasteiger partial charge in [-0.2, -0.15) is 8.42 Å². The molecule has 0 aromatic heterocycles. The Morgan fingerprint density at radius 3 is 1.04 bits per heavy atom. The molecule has 0 saturated heterocycles. The zero-order valence-electron chi connectivity index (χ0n) is 40.8. The fourth-order valence-corrected chi connectivity index (χ4v) is 17.4. The molecule has 14 heteroatoms. The van der Waals surface area contributed by atoms with Gasteiger partial charge < -0.3 is 30.2 Å². The van der Waals surface area contributed by atoms with E-state index in [-0.39, 0.29) is 5.75 Å². The van der Waals surface area contributed by atoms with Crippen molar-refractivity contribution < 1.29 is 26.3 Å². The fraction of sp³-hybridized carbons (Fsp3) is 0.115. The van der Waals surface area contributed by atoms with Crippen molar-refractivity contribution in [2.45, 2.75) is 83.6 Å². The second-order valence-corrected chi connectivity index (χ2v) is 26.0. The number of hydrogen-bond donors (Lipinski definition) is 3. The molecule has 0 radical (unpaired) electrons. The smallest absolute Gasteiger partial charge is 0.277 e. The zero-order chi connectivity index (χ0) is 50.8. The molecule has 0 amide bonds. The molecule has 0 saturated carbocycles. The third-order valence-electron chi connectivity index (χ3n) is 12.9. The van der Waals surface area contributed by atoms with E-state index < -0.39 is 20.4 Å². The topological polar surface area (TPSA) is 107 Å². The van der Waals surface area contributed by atoms with Gasteiger partial charge in [-0.15, -0.1) is 0 Å². The number of ether oxygens (including phenoxy) is 3. The Morgan fingerprint density at radius 1 is 0.387 bits per heavy atom. The molecule has 3 heterocycles. The summed E-state index contributed by atoms with van der Waals surface area (Å²) in [7, 11) is -7.04. The molecule has 3 N–H and O–H groups in total. The number of nitrogens with one attached hydrogen (secondary N) is 3. The van der Waals surface area contributed by atoms with E-state index in [1.54, 1.807) is 35.3 Å². The first-order chi connectivity index (χ1) is 36.7. The lowest BCUT2D eigenvalue weighted by atomic mass is 10.2. The summed E-state index contributed by atoms with van der Waals surface area (Å²) >= 11 is 5.24. The molecule has 3 aliphatic rings. The zero-order valence-corrected chi connectivity index (χ0v) is 44.9. The maximum Gasteiger partial charge on any atom is 0.277 e. The lowest BCUT2D eigenvalue weighted by molar-refractivity contribution is 0.306. The molecule has 9 nitrogen and oxygen atoms in total. The number of para-hydroxylation sites is 3. The van der Waals surface area contributed by atoms with Crippen LogP contribution >= 0.6 is 45.6 Å². The highest BCUT2D eigenvalue weighted by Crippen LogP contribution is 2.70. The van der Waals surface area contributed by atoms with Gasteiger partial charge in [0, 0.05) is 44.1 Å². The summed E-state index contributed by atoms with van der Waals surface area (Å²) in [4.78, 5) is 9.12. The van der Waals surface area contributed by atoms with E-state index in [1.165, 1.54) is 14.7 Å². The van der Waals surface area contributed by atoms with Crippen LogP contribution in [-0.4, -0.2) is 14.2 Å². The van der Waals surface area contributed by atoms with Crippen molar-refractivity contribution in [1.29, 1.82) is 0 Å². The Hall–Kier alpha value is -6.91. The van der Waals surface area contributed by atoms with Crippen molar-refractivity contribution in [3.05, 3.63) is 217 Å². The van der Waals surface area contributed by atoms with Crippen LogP contribution in [-0.2, 0) is 33.6 Å². The van der Waals surface area contributed by atoms with Gasteiger partial charge in [0.15, 0.2) is 0 Å². The van der Waals surface area contributed by atoms with Crippen molar-refractivity contribution in [3.63, 3.8) is 0 Å². The second-order valence-electron chi connectivity index (χ2n) is 18.2. The molecule has 0 fully saturated rings. The molecule has 75 heavy (non-hydrogen) atoms. The van der Waals surface area contributed by atoms with E-state index in [2.05, 4.69) is 125 Å². The molecule has 9 aromatic carbocycles. The molecular weight excluding hydrogens is 1030 g/mol. The van der Waals surface area contributed by atoms with E-state index in [0.717, 1.165) is 65.5 Å². The second kappa shape index (κ2) is 21.4. The molecule has 0 unspecified atom stereocenters. The molecule has 0 atom stereocenters. The average molecular weight is 1080 g/mol. The first kappa shape index (κ1) is 49.0. The molecular formula is C61H51N3O6S5. The van der Waals surface area contributed by atoms with Crippen molar-refractivity contribution in [2.75, 3.05) is 21.7 Å². The van der Waals surface area contributed by atoms with E-state index in [4.69, 9.17) is 17.8 Å². The SMILES string of the molecule is CCCCS(=O)(=O)OS(c1ccc(OCc2ccc3c(c2)Nc2ccccc2S3)cc1)(c1ccc(OCc2ccc3c(c2)Nc2ccccc2S3)cc1)c1ccc(OCc2ccc3c(c2)Nc2ccccc2S3)cc1. The van der Waals surface area contributed by atoms with E-state index in [9.17, 15) is 8.42 Å². The Balaban J connectivity index is 0.832. The van der Waals surface area contributed by atoms with Gasteiger partial charge in [-0.3, -0.25) is 0 Å². The summed E-state index contributed by atoms with van der Waals surface area (Å²) in [5, 5.41) is 10.7. The number of rotatable bonds is 17. The molecule has 9 aromatic rings. The summed E-state index contributed by atoms with van der Waals surface area (Å²) < 4.78 is 54.6. The summed E-state index contributed by atoms with van der Waals surface area (Å²) in [6.45, 7) is 3.00. The summed E-state index contributed by atoms with van der Waals surface area (Å²) in [6, 6.07) is 66.8. The van der Waals surface area contributed by atoms with Gasteiger partial charge in [-0.25, -0.2) is 3.63 Å². The van der Waals surface area contributed by atoms with Crippen LogP contribution in [0.2, 0.25) is 0 Å². The predicted octanol–water partition coefficient (Wildman–Crippen LogP) is 17.4. The van der Waals surface area contributed by atoms with Crippen LogP contribution < -0.4 is 30.2 Å². The number of anilines is 6. The number of hydrogen-bond acceptors (Lipinski definition) is 12. The standard InChI is InChI=1S/C61H51N3O6S5/c1-2-3-34-74(65,66)70-75(47-25-19-44(20-26-47)67-38-41-16-31-59-53(35-41)62-50-10-4-7-13-56(50)71-59,48-27-21-45(22-28-48)68-39-42-17-32-60-54(36-42)63-51-11-5-8-14-57(51)72-60)49-29-23-46(24-30-49)69-40-43-18-33-61-55(37-43)64-52-12-6-9-15-58(52)73-61/h4-33,35-37,62-64H,2-3,34,38-40H2,1H3. The largest absolute Gasteiger partial charge is 0.489 e. The van der Waals surface area contributed by atoms with E-state index in [1.807, 2.05) is 97.9 Å². The van der Waals surface area contributed by atoms with E-state index in [0.29, 0.717) is 64.6 Å². The summed E-state index contributed by atoms with van der Waals surface area (Å²) in [5.74, 6) is 1.79. The highest BCUT2D eigenvalue weighted by atomic mass is 32.3. The Kier molecular flexibility index (Phi) is 14.0. The van der Waals surface area contributed by atoms with Crippen molar-refractivity contribution >= 4 is 89.8 Å². The third kappa shape index (κ3) is 10.7. The van der Waals surface area contributed by atoms with Crippen LogP contribution in [0.3, 0.4) is 0 Å². The fourth-order valence-electron chi connectivity index (χ4n) is 9.05. The van der Waals surface area contributed by atoms with Crippen molar-refractivity contribution in [1.82, 2.24) is 0 Å². The van der Waals surface area contributed by atoms with Gasteiger partial charge in [0.05, 0.1) is 39.9 Å². The Labute approximate surface area is 452 Å². The number of unbranched alkanes of at least 4 members (excludes halogenated alkanes) is 1. The molecule has 0 aliphatic carbocycles. The lowest BCUT2D eigenvalue weighted by Crippen LogP contribution is -2.17. The van der Waals surface area contributed by atoms with E-state index >= 15 is 0 Å². The Bertz CT molecular complexity index is 3320. The number of fused-ring (bicyclic) bond motifs is 6. The highest BCUT2D eigenvalue weighted by Gasteiger charge is 2.38. The third-order valence-corrected chi connectivity index (χ3v) is 21.6. The molecule has 3 aliphatic heterocycles. The predicted molar refractivity (Wildman–Crippen MR) is 305 cm³/mol. The highest BCUT2D eigenvalue weighted by molar-refractivity contribution is 8.33. The Morgan fingerprint density at radius 2 is 0.707 bits per heavy atom. The molecule has 12 rings (SSSR count). The van der Waals surface area contributed by atoms with Crippen LogP contribution in [0.25, 0.3) is 0 Å². The molecule has 376 valence electrons. The van der Waals surface area contributed by atoms with Crippen LogP contribution in [0, 0.1) is 0 Å². The average Bonchev–Trinajstić information content (AvgIpc) is 3.45. The van der Waals surface area contributed by atoms with Crippen molar-refractivity contribution in [3.8, 4) is 17.2 Å². The molecule has 0 bridgehead atoms. The molecule has 0 spiro atoms. The van der Waals surface area contributed by atoms with Crippen molar-refractivity contribution in [2.24, 2.45) is 0 Å². The summed E-state index contributed by atoms with van der Waals surface area (Å²) in [5.41, 5.74) is 9.43. The minimum atomic E-state index is -4.07. The maximum absolute atomic E-state index is 14.3. The van der Waals surface area contributed by atoms with Crippen LogP contribution in [0.5, 0.6) is 17.2 Å². The van der Waals surface area contributed by atoms with Gasteiger partial charge >= 0.3 is 0 Å². The first-order valence-corrected chi connectivity index (χ1v) is 30.3. The first-order valence-electron chi connectivity index (χ1n) is 24.7. The van der Waals surface area contributed by atoms with Gasteiger partial charge in [-0.1, -0.05) is 103 Å². The van der Waals surface area contributed by atoms with Gasteiger partial charge in [0.2, 0.25) is 0 Å². The summed E-state index contributed by atoms with van der Waals surface area (Å²) in [6.07, 6.45) is 1.15. The quantitative estimate of drug-likeness (QED) is 0.0808. The van der Waals surface area contributed by atoms with Crippen LogP contribution in [0.4, 0.5) is 34.1 Å². The van der Waals surface area contributed by atoms with Gasteiger partial charge in [-0.05, 0) is 179 Å². The van der Waals surface area contributed by atoms with Crippen LogP contribution in [0.1, 0.15) is 36.5 Å². The minimum absolute atomic E-state index is 0.124. The minimum Gasteiger partial charge on any atom is -0.489 e. The monoisotopic (exact) mass is 1080 g/mol. The maximum atomic E-state index is 14.3.